The van der Waals surface area contributed by atoms with Crippen LogP contribution in [0.25, 0.3) is 0 Å². The van der Waals surface area contributed by atoms with Gasteiger partial charge in [-0.1, -0.05) is 25.1 Å². The van der Waals surface area contributed by atoms with Gasteiger partial charge in [0, 0.05) is 24.4 Å². The molecular weight excluding hydrogens is 284 g/mol. The maximum absolute atomic E-state index is 11.8. The number of hydrogen-bond donors (Lipinski definition) is 3. The SMILES string of the molecule is CC(NC(=O)NCCCC(=O)O)C1Oc2ccccc2C1C. The van der Waals surface area contributed by atoms with Crippen LogP contribution in [0.2, 0.25) is 0 Å². The Morgan fingerprint density at radius 3 is 2.77 bits per heavy atom. The van der Waals surface area contributed by atoms with Crippen molar-refractivity contribution in [2.75, 3.05) is 6.54 Å². The van der Waals surface area contributed by atoms with E-state index in [0.717, 1.165) is 11.3 Å². The number of ether oxygens (including phenoxy) is 1. The maximum atomic E-state index is 11.8. The number of fused-ring (bicyclic) bond motifs is 1. The van der Waals surface area contributed by atoms with E-state index in [-0.39, 0.29) is 30.5 Å². The van der Waals surface area contributed by atoms with Crippen LogP contribution in [-0.4, -0.2) is 35.8 Å². The number of urea groups is 1. The van der Waals surface area contributed by atoms with Gasteiger partial charge >= 0.3 is 12.0 Å². The Hall–Kier alpha value is -2.24. The molecule has 1 aromatic carbocycles. The molecule has 0 fully saturated rings. The summed E-state index contributed by atoms with van der Waals surface area (Å²) in [6, 6.07) is 7.44. The molecular formula is C16H22N2O4. The van der Waals surface area contributed by atoms with Gasteiger partial charge in [0.05, 0.1) is 6.04 Å². The molecule has 6 nitrogen and oxygen atoms in total. The zero-order chi connectivity index (χ0) is 16.1. The van der Waals surface area contributed by atoms with Gasteiger partial charge in [0.1, 0.15) is 11.9 Å². The average molecular weight is 306 g/mol. The van der Waals surface area contributed by atoms with Crippen LogP contribution in [0.1, 0.15) is 38.2 Å². The van der Waals surface area contributed by atoms with Crippen molar-refractivity contribution in [2.45, 2.75) is 44.8 Å². The third-order valence-electron chi connectivity index (χ3n) is 3.87. The third-order valence-corrected chi connectivity index (χ3v) is 3.87. The van der Waals surface area contributed by atoms with Crippen LogP contribution in [0.4, 0.5) is 4.79 Å². The van der Waals surface area contributed by atoms with Crippen molar-refractivity contribution >= 4 is 12.0 Å². The monoisotopic (exact) mass is 306 g/mol. The summed E-state index contributed by atoms with van der Waals surface area (Å²) in [6.07, 6.45) is 0.356. The number of hydrogen-bond acceptors (Lipinski definition) is 3. The Bertz CT molecular complexity index is 547. The highest BCUT2D eigenvalue weighted by Crippen LogP contribution is 2.38. The normalized spacial score (nSPS) is 20.6. The number of carboxylic acid groups (broad SMARTS) is 1. The zero-order valence-corrected chi connectivity index (χ0v) is 12.8. The lowest BCUT2D eigenvalue weighted by molar-refractivity contribution is -0.137. The molecule has 0 bridgehead atoms. The Morgan fingerprint density at radius 1 is 1.36 bits per heavy atom. The van der Waals surface area contributed by atoms with Crippen molar-refractivity contribution in [1.29, 1.82) is 0 Å². The van der Waals surface area contributed by atoms with E-state index in [1.54, 1.807) is 0 Å². The minimum atomic E-state index is -0.860. The summed E-state index contributed by atoms with van der Waals surface area (Å²) in [5, 5.41) is 14.1. The highest BCUT2D eigenvalue weighted by Gasteiger charge is 2.35. The number of carbonyl (C=O) groups is 2. The van der Waals surface area contributed by atoms with Crippen molar-refractivity contribution < 1.29 is 19.4 Å². The molecule has 0 saturated carbocycles. The first-order valence-corrected chi connectivity index (χ1v) is 7.50. The minimum absolute atomic E-state index is 0.0495. The lowest BCUT2D eigenvalue weighted by atomic mass is 9.94. The molecule has 0 spiro atoms. The summed E-state index contributed by atoms with van der Waals surface area (Å²) in [4.78, 5) is 22.2. The highest BCUT2D eigenvalue weighted by molar-refractivity contribution is 5.74. The van der Waals surface area contributed by atoms with Gasteiger partial charge < -0.3 is 20.5 Å². The van der Waals surface area contributed by atoms with Crippen LogP contribution in [0, 0.1) is 0 Å². The highest BCUT2D eigenvalue weighted by atomic mass is 16.5. The van der Waals surface area contributed by atoms with Gasteiger partial charge in [0.15, 0.2) is 0 Å². The molecule has 1 aliphatic heterocycles. The largest absolute Gasteiger partial charge is 0.487 e. The van der Waals surface area contributed by atoms with Gasteiger partial charge in [-0.25, -0.2) is 4.79 Å². The lowest BCUT2D eigenvalue weighted by Gasteiger charge is -2.24. The van der Waals surface area contributed by atoms with Gasteiger partial charge in [-0.3, -0.25) is 4.79 Å². The second-order valence-electron chi connectivity index (χ2n) is 5.60. The smallest absolute Gasteiger partial charge is 0.315 e. The molecule has 2 rings (SSSR count). The first kappa shape index (κ1) is 16.1. The first-order chi connectivity index (χ1) is 10.5. The van der Waals surface area contributed by atoms with Crippen LogP contribution >= 0.6 is 0 Å². The van der Waals surface area contributed by atoms with Crippen molar-refractivity contribution in [2.24, 2.45) is 0 Å². The molecule has 2 amide bonds. The van der Waals surface area contributed by atoms with E-state index >= 15 is 0 Å². The zero-order valence-electron chi connectivity index (χ0n) is 12.8. The molecule has 3 atom stereocenters. The van der Waals surface area contributed by atoms with E-state index in [1.807, 2.05) is 31.2 Å². The second kappa shape index (κ2) is 7.15. The average Bonchev–Trinajstić information content (AvgIpc) is 2.81. The summed E-state index contributed by atoms with van der Waals surface area (Å²) in [6.45, 7) is 4.33. The number of para-hydroxylation sites is 1. The third kappa shape index (κ3) is 3.90. The van der Waals surface area contributed by atoms with E-state index in [1.165, 1.54) is 0 Å². The van der Waals surface area contributed by atoms with E-state index in [2.05, 4.69) is 17.6 Å². The molecule has 1 aromatic rings. The van der Waals surface area contributed by atoms with E-state index < -0.39 is 5.97 Å². The van der Waals surface area contributed by atoms with E-state index in [0.29, 0.717) is 13.0 Å². The summed E-state index contributed by atoms with van der Waals surface area (Å²) in [5.74, 6) is 0.218. The van der Waals surface area contributed by atoms with Crippen LogP contribution in [-0.2, 0) is 4.79 Å². The number of rotatable bonds is 6. The van der Waals surface area contributed by atoms with Crippen molar-refractivity contribution in [3.63, 3.8) is 0 Å². The fraction of sp³-hybridized carbons (Fsp3) is 0.500. The minimum Gasteiger partial charge on any atom is -0.487 e. The predicted octanol–water partition coefficient (Wildman–Crippen LogP) is 2.10. The summed E-state index contributed by atoms with van der Waals surface area (Å²) >= 11 is 0. The number of amides is 2. The molecule has 6 heteroatoms. The molecule has 0 saturated heterocycles. The Kier molecular flexibility index (Phi) is 5.25. The maximum Gasteiger partial charge on any atom is 0.315 e. The van der Waals surface area contributed by atoms with Crippen molar-refractivity contribution in [3.05, 3.63) is 29.8 Å². The van der Waals surface area contributed by atoms with Gasteiger partial charge in [0.25, 0.3) is 0 Å². The number of aliphatic carboxylic acids is 1. The molecule has 22 heavy (non-hydrogen) atoms. The van der Waals surface area contributed by atoms with Crippen molar-refractivity contribution in [1.82, 2.24) is 10.6 Å². The summed E-state index contributed by atoms with van der Waals surface area (Å²) in [7, 11) is 0. The number of benzene rings is 1. The van der Waals surface area contributed by atoms with Crippen LogP contribution < -0.4 is 15.4 Å². The predicted molar refractivity (Wildman–Crippen MR) is 82.1 cm³/mol. The molecule has 3 unspecified atom stereocenters. The molecule has 1 aliphatic rings. The molecule has 120 valence electrons. The fourth-order valence-electron chi connectivity index (χ4n) is 2.71. The van der Waals surface area contributed by atoms with Gasteiger partial charge in [-0.15, -0.1) is 0 Å². The molecule has 0 radical (unpaired) electrons. The lowest BCUT2D eigenvalue weighted by Crippen LogP contribution is -2.48. The van der Waals surface area contributed by atoms with Gasteiger partial charge in [-0.2, -0.15) is 0 Å². The number of carboxylic acids is 1. The van der Waals surface area contributed by atoms with Crippen LogP contribution in [0.15, 0.2) is 24.3 Å². The van der Waals surface area contributed by atoms with Gasteiger partial charge in [0.2, 0.25) is 0 Å². The second-order valence-corrected chi connectivity index (χ2v) is 5.60. The quantitative estimate of drug-likeness (QED) is 0.702. The summed E-state index contributed by atoms with van der Waals surface area (Å²) < 4.78 is 5.92. The Morgan fingerprint density at radius 2 is 2.09 bits per heavy atom. The Labute approximate surface area is 129 Å². The molecule has 3 N–H and O–H groups in total. The molecule has 0 aliphatic carbocycles. The van der Waals surface area contributed by atoms with Gasteiger partial charge in [-0.05, 0) is 19.4 Å². The van der Waals surface area contributed by atoms with E-state index in [4.69, 9.17) is 9.84 Å². The van der Waals surface area contributed by atoms with Crippen LogP contribution in [0.5, 0.6) is 5.75 Å². The standard InChI is InChI=1S/C16H22N2O4/c1-10-12-6-3-4-7-13(12)22-15(10)11(2)18-16(21)17-9-5-8-14(19)20/h3-4,6-7,10-11,15H,5,8-9H2,1-2H3,(H,19,20)(H2,17,18,21). The molecule has 1 heterocycles. The molecule has 0 aromatic heterocycles. The van der Waals surface area contributed by atoms with Crippen molar-refractivity contribution in [3.8, 4) is 5.75 Å². The van der Waals surface area contributed by atoms with Crippen LogP contribution in [0.3, 0.4) is 0 Å². The number of carbonyl (C=O) groups excluding carboxylic acids is 1. The first-order valence-electron chi connectivity index (χ1n) is 7.50. The Balaban J connectivity index is 1.79. The number of nitrogens with one attached hydrogen (secondary N) is 2. The van der Waals surface area contributed by atoms with E-state index in [9.17, 15) is 9.59 Å². The fourth-order valence-corrected chi connectivity index (χ4v) is 2.71. The summed E-state index contributed by atoms with van der Waals surface area (Å²) in [5.41, 5.74) is 1.16. The topological polar surface area (TPSA) is 87.7 Å².